The van der Waals surface area contributed by atoms with E-state index >= 15 is 0 Å². The highest BCUT2D eigenvalue weighted by molar-refractivity contribution is 5.91. The van der Waals surface area contributed by atoms with E-state index in [-0.39, 0.29) is 5.41 Å². The van der Waals surface area contributed by atoms with Crippen LogP contribution in [0, 0.1) is 47.3 Å². The predicted molar refractivity (Wildman–Crippen MR) is 94.9 cm³/mol. The number of hydrogen-bond donors (Lipinski definition) is 1. The number of aliphatic hydroxyl groups is 1. The van der Waals surface area contributed by atoms with Crippen molar-refractivity contribution in [2.24, 2.45) is 35.0 Å². The molecule has 0 spiro atoms. The van der Waals surface area contributed by atoms with Crippen LogP contribution < -0.4 is 0 Å². The zero-order valence-corrected chi connectivity index (χ0v) is 14.8. The summed E-state index contributed by atoms with van der Waals surface area (Å²) in [6.45, 7) is 8.67. The molecular weight excluding hydrogens is 296 g/mol. The summed E-state index contributed by atoms with van der Waals surface area (Å²) < 4.78 is 0. The third-order valence-electron chi connectivity index (χ3n) is 8.04. The van der Waals surface area contributed by atoms with Crippen molar-refractivity contribution in [3.05, 3.63) is 23.8 Å². The van der Waals surface area contributed by atoms with Crippen LogP contribution in [0.2, 0.25) is 0 Å². The minimum Gasteiger partial charge on any atom is -0.373 e. The summed E-state index contributed by atoms with van der Waals surface area (Å²) in [6, 6.07) is 0. The molecule has 0 unspecified atom stereocenters. The van der Waals surface area contributed by atoms with Gasteiger partial charge in [-0.05, 0) is 73.3 Å². The van der Waals surface area contributed by atoms with E-state index in [0.717, 1.165) is 37.7 Å². The van der Waals surface area contributed by atoms with Gasteiger partial charge in [0, 0.05) is 11.8 Å². The lowest BCUT2D eigenvalue weighted by Gasteiger charge is -2.56. The molecule has 0 aromatic rings. The van der Waals surface area contributed by atoms with Gasteiger partial charge in [-0.25, -0.2) is 0 Å². The van der Waals surface area contributed by atoms with Gasteiger partial charge in [0.25, 0.3) is 0 Å². The van der Waals surface area contributed by atoms with E-state index < -0.39 is 5.60 Å². The van der Waals surface area contributed by atoms with Crippen molar-refractivity contribution in [3.8, 4) is 12.3 Å². The molecule has 0 saturated heterocycles. The van der Waals surface area contributed by atoms with Crippen LogP contribution in [0.5, 0.6) is 0 Å². The van der Waals surface area contributed by atoms with Gasteiger partial charge < -0.3 is 5.11 Å². The molecule has 1 N–H and O–H groups in total. The molecule has 0 aliphatic heterocycles. The number of ketones is 1. The zero-order valence-electron chi connectivity index (χ0n) is 14.8. The average Bonchev–Trinajstić information content (AvgIpc) is 2.75. The average molecular weight is 324 g/mol. The minimum atomic E-state index is -1.15. The van der Waals surface area contributed by atoms with E-state index in [4.69, 9.17) is 6.42 Å². The second-order valence-electron chi connectivity index (χ2n) is 8.98. The van der Waals surface area contributed by atoms with Gasteiger partial charge in [-0.3, -0.25) is 4.79 Å². The van der Waals surface area contributed by atoms with Gasteiger partial charge in [-0.1, -0.05) is 31.9 Å². The lowest BCUT2D eigenvalue weighted by Crippen LogP contribution is -2.54. The molecule has 2 heteroatoms. The quantitative estimate of drug-likeness (QED) is 0.542. The fraction of sp³-hybridized carbons (Fsp3) is 0.682. The molecule has 7 atom stereocenters. The van der Waals surface area contributed by atoms with E-state index in [1.54, 1.807) is 0 Å². The van der Waals surface area contributed by atoms with Crippen LogP contribution in [-0.2, 0) is 4.79 Å². The van der Waals surface area contributed by atoms with Crippen molar-refractivity contribution >= 4 is 5.78 Å². The highest BCUT2D eigenvalue weighted by atomic mass is 16.3. The van der Waals surface area contributed by atoms with Crippen LogP contribution in [0.1, 0.15) is 52.4 Å². The van der Waals surface area contributed by atoms with E-state index in [0.29, 0.717) is 41.8 Å². The van der Waals surface area contributed by atoms with Crippen LogP contribution in [0.25, 0.3) is 0 Å². The Balaban J connectivity index is 1.73. The summed E-state index contributed by atoms with van der Waals surface area (Å²) >= 11 is 0. The lowest BCUT2D eigenvalue weighted by molar-refractivity contribution is -0.117. The summed E-state index contributed by atoms with van der Waals surface area (Å²) in [5.41, 5.74) is 0.833. The highest BCUT2D eigenvalue weighted by Gasteiger charge is 2.64. The SMILES string of the molecule is C#C[C@]1(O)C(=C)C[C@H]2[C@H]3[C@H](CC[C@@]21C)[C@H]1CCC(=O)C=C1C[C@H]3C. The summed E-state index contributed by atoms with van der Waals surface area (Å²) in [4.78, 5) is 11.8. The number of allylic oxidation sites excluding steroid dienone is 1. The second kappa shape index (κ2) is 5.09. The molecule has 0 radical (unpaired) electrons. The summed E-state index contributed by atoms with van der Waals surface area (Å²) in [5.74, 6) is 5.76. The first-order chi connectivity index (χ1) is 11.3. The van der Waals surface area contributed by atoms with Crippen LogP contribution in [0.15, 0.2) is 23.8 Å². The topological polar surface area (TPSA) is 37.3 Å². The van der Waals surface area contributed by atoms with Crippen LogP contribution in [0.3, 0.4) is 0 Å². The fourth-order valence-corrected chi connectivity index (χ4v) is 6.83. The fourth-order valence-electron chi connectivity index (χ4n) is 6.83. The Kier molecular flexibility index (Phi) is 3.42. The molecule has 0 aromatic heterocycles. The number of terminal acetylenes is 1. The Morgan fingerprint density at radius 3 is 2.83 bits per heavy atom. The Morgan fingerprint density at radius 2 is 2.12 bits per heavy atom. The van der Waals surface area contributed by atoms with E-state index in [2.05, 4.69) is 26.3 Å². The van der Waals surface area contributed by atoms with E-state index in [1.165, 1.54) is 5.57 Å². The number of rotatable bonds is 0. The standard InChI is InChI=1S/C22H28O2/c1-5-22(24)14(3)11-19-20-13(2)10-15-12-16(23)6-7-17(15)18(20)8-9-21(19,22)4/h1,12-13,17-20,24H,3,6-11H2,2,4H3/t13-,17+,18-,19+,20-,21+,22+/m1/s1. The van der Waals surface area contributed by atoms with Crippen molar-refractivity contribution < 1.29 is 9.90 Å². The van der Waals surface area contributed by atoms with Crippen LogP contribution in [0.4, 0.5) is 0 Å². The molecule has 0 amide bonds. The number of hydrogen-bond acceptors (Lipinski definition) is 2. The lowest BCUT2D eigenvalue weighted by atomic mass is 9.48. The molecule has 4 aliphatic carbocycles. The molecule has 0 aromatic carbocycles. The maximum absolute atomic E-state index is 11.8. The van der Waals surface area contributed by atoms with Gasteiger partial charge >= 0.3 is 0 Å². The zero-order chi connectivity index (χ0) is 17.3. The normalized spacial score (nSPS) is 50.4. The summed E-state index contributed by atoms with van der Waals surface area (Å²) in [7, 11) is 0. The summed E-state index contributed by atoms with van der Waals surface area (Å²) in [5, 5.41) is 11.2. The maximum atomic E-state index is 11.8. The molecule has 4 aliphatic rings. The molecule has 3 fully saturated rings. The molecular formula is C22H28O2. The molecule has 0 bridgehead atoms. The molecule has 24 heavy (non-hydrogen) atoms. The van der Waals surface area contributed by atoms with Gasteiger partial charge in [0.05, 0.1) is 0 Å². The van der Waals surface area contributed by atoms with Crippen molar-refractivity contribution in [2.45, 2.75) is 58.0 Å². The second-order valence-corrected chi connectivity index (χ2v) is 8.98. The third-order valence-corrected chi connectivity index (χ3v) is 8.04. The van der Waals surface area contributed by atoms with Gasteiger partial charge in [0.2, 0.25) is 0 Å². The van der Waals surface area contributed by atoms with Gasteiger partial charge in [-0.2, -0.15) is 0 Å². The van der Waals surface area contributed by atoms with E-state index in [1.807, 2.05) is 6.08 Å². The number of fused-ring (bicyclic) bond motifs is 5. The van der Waals surface area contributed by atoms with Crippen LogP contribution in [-0.4, -0.2) is 16.5 Å². The van der Waals surface area contributed by atoms with Crippen molar-refractivity contribution in [2.75, 3.05) is 0 Å². The van der Waals surface area contributed by atoms with Crippen molar-refractivity contribution in [1.29, 1.82) is 0 Å². The molecule has 0 heterocycles. The molecule has 128 valence electrons. The molecule has 3 saturated carbocycles. The third kappa shape index (κ3) is 1.85. The van der Waals surface area contributed by atoms with Crippen molar-refractivity contribution in [3.63, 3.8) is 0 Å². The largest absolute Gasteiger partial charge is 0.373 e. The Morgan fingerprint density at radius 1 is 1.38 bits per heavy atom. The van der Waals surface area contributed by atoms with E-state index in [9.17, 15) is 9.90 Å². The van der Waals surface area contributed by atoms with Crippen molar-refractivity contribution in [1.82, 2.24) is 0 Å². The first kappa shape index (κ1) is 16.2. The molecule has 2 nitrogen and oxygen atoms in total. The minimum absolute atomic E-state index is 0.250. The highest BCUT2D eigenvalue weighted by Crippen LogP contribution is 2.66. The van der Waals surface area contributed by atoms with Gasteiger partial charge in [0.15, 0.2) is 11.4 Å². The molecule has 4 rings (SSSR count). The van der Waals surface area contributed by atoms with Gasteiger partial charge in [0.1, 0.15) is 0 Å². The first-order valence-electron chi connectivity index (χ1n) is 9.43. The maximum Gasteiger partial charge on any atom is 0.155 e. The predicted octanol–water partition coefficient (Wildman–Crippen LogP) is 3.90. The smallest absolute Gasteiger partial charge is 0.155 e. The Labute approximate surface area is 145 Å². The Bertz CT molecular complexity index is 681. The Hall–Kier alpha value is -1.33. The van der Waals surface area contributed by atoms with Gasteiger partial charge in [-0.15, -0.1) is 6.42 Å². The first-order valence-corrected chi connectivity index (χ1v) is 9.43. The summed E-state index contributed by atoms with van der Waals surface area (Å²) in [6.07, 6.45) is 13.4. The number of carbonyl (C=O) groups is 1. The van der Waals surface area contributed by atoms with Crippen LogP contribution >= 0.6 is 0 Å². The number of carbonyl (C=O) groups excluding carboxylic acids is 1. The monoisotopic (exact) mass is 324 g/mol.